The van der Waals surface area contributed by atoms with Crippen LogP contribution in [0.1, 0.15) is 27.9 Å². The number of carbonyl (C=O) groups is 1. The van der Waals surface area contributed by atoms with E-state index >= 15 is 0 Å². The number of methoxy groups -OCH3 is 1. The molecule has 0 saturated carbocycles. The van der Waals surface area contributed by atoms with Gasteiger partial charge in [0.1, 0.15) is 5.82 Å². The molecular formula is C22H25N3O2. The van der Waals surface area contributed by atoms with Crippen LogP contribution in [-0.2, 0) is 4.74 Å². The van der Waals surface area contributed by atoms with Gasteiger partial charge in [-0.25, -0.2) is 4.98 Å². The minimum Gasteiger partial charge on any atom is -0.385 e. The Morgan fingerprint density at radius 1 is 1.07 bits per heavy atom. The normalized spacial score (nSPS) is 10.8. The lowest BCUT2D eigenvalue weighted by Gasteiger charge is -2.12. The van der Waals surface area contributed by atoms with E-state index in [9.17, 15) is 4.79 Å². The number of aryl methyl sites for hydroxylation is 2. The van der Waals surface area contributed by atoms with Gasteiger partial charge in [-0.1, -0.05) is 24.3 Å². The van der Waals surface area contributed by atoms with Crippen molar-refractivity contribution in [2.24, 2.45) is 0 Å². The second kappa shape index (κ2) is 8.64. The first kappa shape index (κ1) is 18.9. The molecule has 3 aromatic rings. The number of aromatic nitrogens is 1. The third-order valence-corrected chi connectivity index (χ3v) is 4.55. The van der Waals surface area contributed by atoms with E-state index < -0.39 is 0 Å². The summed E-state index contributed by atoms with van der Waals surface area (Å²) in [6.45, 7) is 5.35. The van der Waals surface area contributed by atoms with E-state index in [1.165, 1.54) is 11.1 Å². The van der Waals surface area contributed by atoms with E-state index in [-0.39, 0.29) is 5.91 Å². The molecule has 0 radical (unpaired) electrons. The lowest BCUT2D eigenvalue weighted by molar-refractivity contribution is 0.0950. The number of nitrogens with zero attached hydrogens (tertiary/aromatic N) is 1. The summed E-state index contributed by atoms with van der Waals surface area (Å²) in [5.41, 5.74) is 4.80. The zero-order valence-corrected chi connectivity index (χ0v) is 16.0. The van der Waals surface area contributed by atoms with E-state index in [2.05, 4.69) is 41.6 Å². The molecule has 0 aliphatic rings. The highest BCUT2D eigenvalue weighted by Crippen LogP contribution is 2.24. The topological polar surface area (TPSA) is 63.2 Å². The molecular weight excluding hydrogens is 338 g/mol. The number of hydrogen-bond donors (Lipinski definition) is 2. The number of hydrogen-bond acceptors (Lipinski definition) is 4. The number of fused-ring (bicyclic) bond motifs is 1. The number of anilines is 2. The highest BCUT2D eigenvalue weighted by atomic mass is 16.5. The van der Waals surface area contributed by atoms with Gasteiger partial charge in [0.15, 0.2) is 0 Å². The second-order valence-electron chi connectivity index (χ2n) is 6.60. The predicted molar refractivity (Wildman–Crippen MR) is 110 cm³/mol. The van der Waals surface area contributed by atoms with Crippen LogP contribution >= 0.6 is 0 Å². The molecule has 27 heavy (non-hydrogen) atoms. The van der Waals surface area contributed by atoms with Gasteiger partial charge in [-0.3, -0.25) is 4.79 Å². The van der Waals surface area contributed by atoms with Crippen molar-refractivity contribution in [1.29, 1.82) is 0 Å². The van der Waals surface area contributed by atoms with Gasteiger partial charge in [0.05, 0.1) is 11.1 Å². The number of benzene rings is 2. The van der Waals surface area contributed by atoms with Crippen LogP contribution in [0.25, 0.3) is 10.9 Å². The molecule has 0 fully saturated rings. The van der Waals surface area contributed by atoms with E-state index in [1.807, 2.05) is 36.4 Å². The maximum Gasteiger partial charge on any atom is 0.252 e. The first-order valence-electron chi connectivity index (χ1n) is 9.09. The van der Waals surface area contributed by atoms with Crippen LogP contribution in [0, 0.1) is 13.8 Å². The molecule has 0 atom stereocenters. The van der Waals surface area contributed by atoms with Crippen molar-refractivity contribution >= 4 is 28.3 Å². The van der Waals surface area contributed by atoms with Crippen molar-refractivity contribution in [1.82, 2.24) is 10.3 Å². The number of carbonyl (C=O) groups excluding carboxylic acids is 1. The molecule has 2 aromatic carbocycles. The molecule has 0 spiro atoms. The average Bonchev–Trinajstić information content (AvgIpc) is 2.67. The summed E-state index contributed by atoms with van der Waals surface area (Å²) in [5.74, 6) is 0.548. The third kappa shape index (κ3) is 4.63. The Morgan fingerprint density at radius 2 is 1.89 bits per heavy atom. The Balaban J connectivity index is 1.90. The van der Waals surface area contributed by atoms with Gasteiger partial charge in [-0.05, 0) is 55.7 Å². The first-order valence-corrected chi connectivity index (χ1v) is 9.09. The molecule has 0 bridgehead atoms. The molecule has 0 aliphatic carbocycles. The van der Waals surface area contributed by atoms with Crippen LogP contribution in [0.4, 0.5) is 11.5 Å². The lowest BCUT2D eigenvalue weighted by atomic mass is 10.1. The SMILES string of the molecule is COCCCNC(=O)c1cc(Nc2ccc(C)c(C)c2)nc2ccccc12. The quantitative estimate of drug-likeness (QED) is 0.612. The Kier molecular flexibility index (Phi) is 6.04. The van der Waals surface area contributed by atoms with Crippen molar-refractivity contribution in [3.05, 3.63) is 65.2 Å². The molecule has 5 nitrogen and oxygen atoms in total. The van der Waals surface area contributed by atoms with E-state index in [0.29, 0.717) is 24.5 Å². The summed E-state index contributed by atoms with van der Waals surface area (Å²) < 4.78 is 5.03. The number of pyridine rings is 1. The third-order valence-electron chi connectivity index (χ3n) is 4.55. The van der Waals surface area contributed by atoms with Gasteiger partial charge in [0.25, 0.3) is 5.91 Å². The fourth-order valence-electron chi connectivity index (χ4n) is 2.91. The van der Waals surface area contributed by atoms with Crippen LogP contribution in [0.15, 0.2) is 48.5 Å². The maximum absolute atomic E-state index is 12.7. The summed E-state index contributed by atoms with van der Waals surface area (Å²) in [5, 5.41) is 7.12. The Hall–Kier alpha value is -2.92. The highest BCUT2D eigenvalue weighted by molar-refractivity contribution is 6.07. The Morgan fingerprint density at radius 3 is 2.67 bits per heavy atom. The second-order valence-corrected chi connectivity index (χ2v) is 6.60. The Bertz CT molecular complexity index is 953. The fourth-order valence-corrected chi connectivity index (χ4v) is 2.91. The number of amides is 1. The zero-order valence-electron chi connectivity index (χ0n) is 16.0. The van der Waals surface area contributed by atoms with Gasteiger partial charge in [0, 0.05) is 31.3 Å². The molecule has 140 valence electrons. The minimum atomic E-state index is -0.104. The van der Waals surface area contributed by atoms with Crippen LogP contribution in [0.5, 0.6) is 0 Å². The van der Waals surface area contributed by atoms with Gasteiger partial charge in [0.2, 0.25) is 0 Å². The van der Waals surface area contributed by atoms with Crippen molar-refractivity contribution in [3.8, 4) is 0 Å². The predicted octanol–water partition coefficient (Wildman–Crippen LogP) is 4.36. The van der Waals surface area contributed by atoms with E-state index in [4.69, 9.17) is 4.74 Å². The summed E-state index contributed by atoms with van der Waals surface area (Å²) in [6, 6.07) is 15.7. The summed E-state index contributed by atoms with van der Waals surface area (Å²) in [6.07, 6.45) is 0.777. The maximum atomic E-state index is 12.7. The number of rotatable bonds is 7. The zero-order chi connectivity index (χ0) is 19.2. The summed E-state index contributed by atoms with van der Waals surface area (Å²) in [4.78, 5) is 17.4. The van der Waals surface area contributed by atoms with Gasteiger partial charge < -0.3 is 15.4 Å². The van der Waals surface area contributed by atoms with Gasteiger partial charge in [-0.2, -0.15) is 0 Å². The van der Waals surface area contributed by atoms with Crippen LogP contribution in [-0.4, -0.2) is 31.2 Å². The highest BCUT2D eigenvalue weighted by Gasteiger charge is 2.13. The largest absolute Gasteiger partial charge is 0.385 e. The van der Waals surface area contributed by atoms with Crippen molar-refractivity contribution in [2.45, 2.75) is 20.3 Å². The number of ether oxygens (including phenoxy) is 1. The average molecular weight is 363 g/mol. The molecule has 3 rings (SSSR count). The molecule has 0 saturated heterocycles. The number of nitrogens with one attached hydrogen (secondary N) is 2. The molecule has 0 aliphatic heterocycles. The Labute approximate surface area is 159 Å². The molecule has 5 heteroatoms. The van der Waals surface area contributed by atoms with Crippen molar-refractivity contribution in [2.75, 3.05) is 25.6 Å². The van der Waals surface area contributed by atoms with Crippen LogP contribution in [0.3, 0.4) is 0 Å². The lowest BCUT2D eigenvalue weighted by Crippen LogP contribution is -2.25. The summed E-state index contributed by atoms with van der Waals surface area (Å²) in [7, 11) is 1.66. The van der Waals surface area contributed by atoms with E-state index in [1.54, 1.807) is 7.11 Å². The van der Waals surface area contributed by atoms with Crippen molar-refractivity contribution in [3.63, 3.8) is 0 Å². The standard InChI is InChI=1S/C22H25N3O2/c1-15-9-10-17(13-16(15)2)24-21-14-19(22(26)23-11-6-12-27-3)18-7-4-5-8-20(18)25-21/h4-5,7-10,13-14H,6,11-12H2,1-3H3,(H,23,26)(H,24,25). The molecule has 0 unspecified atom stereocenters. The molecule has 1 aromatic heterocycles. The monoisotopic (exact) mass is 363 g/mol. The van der Waals surface area contributed by atoms with Crippen LogP contribution < -0.4 is 10.6 Å². The fraction of sp³-hybridized carbons (Fsp3) is 0.273. The molecule has 2 N–H and O–H groups in total. The minimum absolute atomic E-state index is 0.104. The molecule has 1 amide bonds. The van der Waals surface area contributed by atoms with Gasteiger partial charge in [-0.15, -0.1) is 0 Å². The van der Waals surface area contributed by atoms with E-state index in [0.717, 1.165) is 23.0 Å². The first-order chi connectivity index (χ1) is 13.1. The summed E-state index contributed by atoms with van der Waals surface area (Å²) >= 11 is 0. The van der Waals surface area contributed by atoms with Gasteiger partial charge >= 0.3 is 0 Å². The van der Waals surface area contributed by atoms with Crippen LogP contribution in [0.2, 0.25) is 0 Å². The van der Waals surface area contributed by atoms with Crippen molar-refractivity contribution < 1.29 is 9.53 Å². The smallest absolute Gasteiger partial charge is 0.252 e. The number of para-hydroxylation sites is 1. The molecule has 1 heterocycles.